The molecule has 0 fully saturated rings. The van der Waals surface area contributed by atoms with Gasteiger partial charge in [0.05, 0.1) is 23.6 Å². The third kappa shape index (κ3) is 2.95. The van der Waals surface area contributed by atoms with Crippen molar-refractivity contribution in [3.05, 3.63) is 64.6 Å². The van der Waals surface area contributed by atoms with Crippen molar-refractivity contribution in [1.29, 1.82) is 0 Å². The minimum Gasteiger partial charge on any atom is -0.305 e. The number of benzene rings is 1. The average Bonchev–Trinajstić information content (AvgIpc) is 3.17. The van der Waals surface area contributed by atoms with Gasteiger partial charge in [-0.05, 0) is 41.4 Å². The second kappa shape index (κ2) is 5.98. The number of hydrogen-bond acceptors (Lipinski definition) is 4. The van der Waals surface area contributed by atoms with Gasteiger partial charge in [0.1, 0.15) is 0 Å². The molecule has 0 aliphatic carbocycles. The molecule has 102 valence electrons. The van der Waals surface area contributed by atoms with Crippen LogP contribution in [0.2, 0.25) is 0 Å². The van der Waals surface area contributed by atoms with Gasteiger partial charge in [0.2, 0.25) is 0 Å². The van der Waals surface area contributed by atoms with Crippen LogP contribution in [-0.2, 0) is 6.54 Å². The monoisotopic (exact) mass is 284 g/mol. The molecule has 0 aliphatic rings. The van der Waals surface area contributed by atoms with Gasteiger partial charge in [-0.15, -0.1) is 5.10 Å². The molecule has 5 heteroatoms. The molecule has 0 bridgehead atoms. The van der Waals surface area contributed by atoms with Crippen LogP contribution in [0.15, 0.2) is 53.4 Å². The Morgan fingerprint density at radius 3 is 2.85 bits per heavy atom. The summed E-state index contributed by atoms with van der Waals surface area (Å²) >= 11 is 1.72. The molecule has 1 aromatic carbocycles. The predicted octanol–water partition coefficient (Wildman–Crippen LogP) is 3.18. The van der Waals surface area contributed by atoms with Crippen molar-refractivity contribution in [1.82, 2.24) is 20.3 Å². The van der Waals surface area contributed by atoms with Gasteiger partial charge in [0.15, 0.2) is 0 Å². The van der Waals surface area contributed by atoms with E-state index in [1.807, 2.05) is 36.5 Å². The Hall–Kier alpha value is -1.98. The van der Waals surface area contributed by atoms with E-state index in [0.717, 1.165) is 17.9 Å². The number of nitrogens with zero attached hydrogens (tertiary/aromatic N) is 3. The van der Waals surface area contributed by atoms with E-state index in [1.54, 1.807) is 16.0 Å². The first-order valence-corrected chi connectivity index (χ1v) is 7.49. The van der Waals surface area contributed by atoms with Crippen LogP contribution in [-0.4, -0.2) is 15.0 Å². The highest BCUT2D eigenvalue weighted by Crippen LogP contribution is 2.13. The van der Waals surface area contributed by atoms with E-state index in [2.05, 4.69) is 39.4 Å². The van der Waals surface area contributed by atoms with Crippen molar-refractivity contribution < 1.29 is 0 Å². The summed E-state index contributed by atoms with van der Waals surface area (Å²) in [5.74, 6) is 0. The average molecular weight is 284 g/mol. The van der Waals surface area contributed by atoms with Gasteiger partial charge < -0.3 is 5.32 Å². The third-order valence-corrected chi connectivity index (χ3v) is 3.90. The van der Waals surface area contributed by atoms with Crippen LogP contribution < -0.4 is 5.32 Å². The SMILES string of the molecule is C[C@@H](NCc1ccsc1)c1cn(-c2ccccc2)nn1. The molecular formula is C15H16N4S. The fourth-order valence-electron chi connectivity index (χ4n) is 1.95. The summed E-state index contributed by atoms with van der Waals surface area (Å²) in [5.41, 5.74) is 3.28. The highest BCUT2D eigenvalue weighted by atomic mass is 32.1. The molecule has 0 unspecified atom stereocenters. The first-order chi connectivity index (χ1) is 9.83. The molecule has 1 atom stereocenters. The standard InChI is InChI=1S/C15H16N4S/c1-12(16-9-13-7-8-20-11-13)15-10-19(18-17-15)14-5-3-2-4-6-14/h2-8,10-12,16H,9H2,1H3/t12-/m1/s1. The molecule has 4 nitrogen and oxygen atoms in total. The van der Waals surface area contributed by atoms with E-state index in [1.165, 1.54) is 5.56 Å². The molecule has 0 aliphatic heterocycles. The highest BCUT2D eigenvalue weighted by molar-refractivity contribution is 7.07. The summed E-state index contributed by atoms with van der Waals surface area (Å²) < 4.78 is 1.80. The van der Waals surface area contributed by atoms with Crippen molar-refractivity contribution in [2.24, 2.45) is 0 Å². The molecule has 0 saturated carbocycles. The molecule has 0 radical (unpaired) electrons. The second-order valence-corrected chi connectivity index (χ2v) is 5.44. The normalized spacial score (nSPS) is 12.4. The second-order valence-electron chi connectivity index (χ2n) is 4.66. The summed E-state index contributed by atoms with van der Waals surface area (Å²) in [4.78, 5) is 0. The zero-order valence-corrected chi connectivity index (χ0v) is 12.0. The lowest BCUT2D eigenvalue weighted by Gasteiger charge is -2.09. The fraction of sp³-hybridized carbons (Fsp3) is 0.200. The minimum atomic E-state index is 0.173. The van der Waals surface area contributed by atoms with Crippen LogP contribution in [0.3, 0.4) is 0 Å². The maximum absolute atomic E-state index is 4.25. The van der Waals surface area contributed by atoms with Crippen LogP contribution in [0.5, 0.6) is 0 Å². The molecule has 0 spiro atoms. The highest BCUT2D eigenvalue weighted by Gasteiger charge is 2.10. The predicted molar refractivity (Wildman–Crippen MR) is 80.9 cm³/mol. The quantitative estimate of drug-likeness (QED) is 0.782. The van der Waals surface area contributed by atoms with Crippen LogP contribution in [0, 0.1) is 0 Å². The van der Waals surface area contributed by atoms with E-state index < -0.39 is 0 Å². The first kappa shape index (κ1) is 13.0. The summed E-state index contributed by atoms with van der Waals surface area (Å²) in [6.07, 6.45) is 1.97. The summed E-state index contributed by atoms with van der Waals surface area (Å²) in [6, 6.07) is 12.3. The summed E-state index contributed by atoms with van der Waals surface area (Å²) in [7, 11) is 0. The lowest BCUT2D eigenvalue weighted by Crippen LogP contribution is -2.18. The summed E-state index contributed by atoms with van der Waals surface area (Å²) in [6.45, 7) is 2.95. The van der Waals surface area contributed by atoms with Crippen LogP contribution in [0.1, 0.15) is 24.2 Å². The van der Waals surface area contributed by atoms with E-state index in [9.17, 15) is 0 Å². The van der Waals surface area contributed by atoms with Gasteiger partial charge >= 0.3 is 0 Å². The van der Waals surface area contributed by atoms with Crippen LogP contribution in [0.25, 0.3) is 5.69 Å². The summed E-state index contributed by atoms with van der Waals surface area (Å²) in [5, 5.41) is 16.1. The molecule has 2 aromatic heterocycles. The lowest BCUT2D eigenvalue weighted by molar-refractivity contribution is 0.561. The van der Waals surface area contributed by atoms with Crippen LogP contribution in [0.4, 0.5) is 0 Å². The topological polar surface area (TPSA) is 42.7 Å². The Morgan fingerprint density at radius 1 is 1.25 bits per heavy atom. The molecule has 0 saturated heterocycles. The smallest absolute Gasteiger partial charge is 0.0998 e. The Labute approximate surface area is 122 Å². The van der Waals surface area contributed by atoms with E-state index >= 15 is 0 Å². The van der Waals surface area contributed by atoms with Crippen molar-refractivity contribution in [2.75, 3.05) is 0 Å². The Balaban J connectivity index is 1.67. The number of aromatic nitrogens is 3. The Kier molecular flexibility index (Phi) is 3.90. The van der Waals surface area contributed by atoms with E-state index in [4.69, 9.17) is 0 Å². The number of nitrogens with one attached hydrogen (secondary N) is 1. The minimum absolute atomic E-state index is 0.173. The maximum Gasteiger partial charge on any atom is 0.0998 e. The zero-order chi connectivity index (χ0) is 13.8. The van der Waals surface area contributed by atoms with Crippen LogP contribution >= 0.6 is 11.3 Å². The van der Waals surface area contributed by atoms with Crippen molar-refractivity contribution in [3.63, 3.8) is 0 Å². The van der Waals surface area contributed by atoms with Gasteiger partial charge in [-0.2, -0.15) is 11.3 Å². The fourth-order valence-corrected chi connectivity index (χ4v) is 2.62. The molecule has 2 heterocycles. The van der Waals surface area contributed by atoms with Crippen molar-refractivity contribution in [2.45, 2.75) is 19.5 Å². The molecule has 20 heavy (non-hydrogen) atoms. The van der Waals surface area contributed by atoms with Crippen molar-refractivity contribution in [3.8, 4) is 5.69 Å². The molecule has 3 rings (SSSR count). The van der Waals surface area contributed by atoms with E-state index in [0.29, 0.717) is 0 Å². The number of rotatable bonds is 5. The molecule has 0 amide bonds. The third-order valence-electron chi connectivity index (χ3n) is 3.17. The molecule has 1 N–H and O–H groups in total. The maximum atomic E-state index is 4.25. The first-order valence-electron chi connectivity index (χ1n) is 6.55. The van der Waals surface area contributed by atoms with Gasteiger partial charge in [0, 0.05) is 6.54 Å². The number of para-hydroxylation sites is 1. The lowest BCUT2D eigenvalue weighted by atomic mass is 10.2. The zero-order valence-electron chi connectivity index (χ0n) is 11.2. The van der Waals surface area contributed by atoms with Gasteiger partial charge in [-0.3, -0.25) is 0 Å². The largest absolute Gasteiger partial charge is 0.305 e. The van der Waals surface area contributed by atoms with Crippen molar-refractivity contribution >= 4 is 11.3 Å². The number of thiophene rings is 1. The van der Waals surface area contributed by atoms with Gasteiger partial charge in [-0.25, -0.2) is 4.68 Å². The Morgan fingerprint density at radius 2 is 2.10 bits per heavy atom. The molecular weight excluding hydrogens is 268 g/mol. The number of hydrogen-bond donors (Lipinski definition) is 1. The molecule has 3 aromatic rings. The van der Waals surface area contributed by atoms with E-state index in [-0.39, 0.29) is 6.04 Å². The van der Waals surface area contributed by atoms with Gasteiger partial charge in [-0.1, -0.05) is 23.4 Å². The van der Waals surface area contributed by atoms with Gasteiger partial charge in [0.25, 0.3) is 0 Å². The Bertz CT molecular complexity index is 646.